The molecule has 1 N–H and O–H groups in total. The van der Waals surface area contributed by atoms with E-state index in [1.54, 1.807) is 18.9 Å². The Morgan fingerprint density at radius 3 is 2.37 bits per heavy atom. The summed E-state index contributed by atoms with van der Waals surface area (Å²) in [5.41, 5.74) is 2.72. The minimum absolute atomic E-state index is 0.000295. The van der Waals surface area contributed by atoms with Crippen molar-refractivity contribution in [1.82, 2.24) is 9.80 Å². The van der Waals surface area contributed by atoms with E-state index in [1.807, 2.05) is 36.1 Å². The minimum atomic E-state index is -0.419. The van der Waals surface area contributed by atoms with Gasteiger partial charge in [0.25, 0.3) is 0 Å². The van der Waals surface area contributed by atoms with Crippen molar-refractivity contribution >= 4 is 11.8 Å². The van der Waals surface area contributed by atoms with Crippen molar-refractivity contribution in [3.8, 4) is 16.9 Å². The number of likely N-dealkylation sites (tertiary alicyclic amines) is 2. The number of benzene rings is 2. The molecule has 0 aromatic heterocycles. The molecule has 2 heterocycles. The van der Waals surface area contributed by atoms with Gasteiger partial charge in [-0.15, -0.1) is 0 Å². The third-order valence-electron chi connectivity index (χ3n) is 6.60. The highest BCUT2D eigenvalue weighted by atomic mass is 16.5. The summed E-state index contributed by atoms with van der Waals surface area (Å²) in [6.07, 6.45) is 0.387. The Labute approximate surface area is 177 Å². The quantitative estimate of drug-likeness (QED) is 0.826. The van der Waals surface area contributed by atoms with E-state index in [-0.39, 0.29) is 30.4 Å². The van der Waals surface area contributed by atoms with Crippen molar-refractivity contribution in [2.45, 2.75) is 37.8 Å². The molecule has 0 bridgehead atoms. The van der Waals surface area contributed by atoms with Gasteiger partial charge in [-0.3, -0.25) is 9.59 Å². The van der Waals surface area contributed by atoms with Crippen LogP contribution in [0.25, 0.3) is 11.1 Å². The van der Waals surface area contributed by atoms with Gasteiger partial charge in [-0.25, -0.2) is 0 Å². The third kappa shape index (κ3) is 2.98. The fraction of sp³-hybridized carbons (Fsp3) is 0.417. The molecule has 2 atom stereocenters. The third-order valence-corrected chi connectivity index (χ3v) is 6.60. The van der Waals surface area contributed by atoms with Crippen molar-refractivity contribution in [3.05, 3.63) is 54.1 Å². The summed E-state index contributed by atoms with van der Waals surface area (Å²) in [5, 5.41) is 10.1. The van der Waals surface area contributed by atoms with Crippen molar-refractivity contribution < 1.29 is 19.4 Å². The highest BCUT2D eigenvalue weighted by Crippen LogP contribution is 2.54. The predicted octanol–water partition coefficient (Wildman–Crippen LogP) is 2.66. The molecule has 4 rings (SSSR count). The zero-order chi connectivity index (χ0) is 21.5. The number of ether oxygens (including phenoxy) is 1. The number of para-hydroxylation sites is 1. The largest absolute Gasteiger partial charge is 0.496 e. The van der Waals surface area contributed by atoms with Crippen LogP contribution in [0.15, 0.2) is 48.5 Å². The molecule has 2 aliphatic heterocycles. The maximum Gasteiger partial charge on any atom is 0.223 e. The Bertz CT molecular complexity index is 950. The highest BCUT2D eigenvalue weighted by molar-refractivity contribution is 5.82. The van der Waals surface area contributed by atoms with Gasteiger partial charge >= 0.3 is 0 Å². The molecule has 2 aliphatic rings. The van der Waals surface area contributed by atoms with Crippen molar-refractivity contribution in [1.29, 1.82) is 0 Å². The second kappa shape index (κ2) is 7.76. The lowest BCUT2D eigenvalue weighted by molar-refractivity contribution is -0.202. The van der Waals surface area contributed by atoms with Crippen LogP contribution in [0.1, 0.15) is 31.7 Å². The number of nitrogens with zero attached hydrogens (tertiary/aromatic N) is 2. The van der Waals surface area contributed by atoms with Crippen LogP contribution in [0.5, 0.6) is 5.75 Å². The average molecular weight is 408 g/mol. The highest BCUT2D eigenvalue weighted by Gasteiger charge is 2.67. The first-order chi connectivity index (χ1) is 14.5. The fourth-order valence-electron chi connectivity index (χ4n) is 5.17. The first-order valence-corrected chi connectivity index (χ1v) is 10.4. The van der Waals surface area contributed by atoms with E-state index < -0.39 is 5.54 Å². The molecule has 6 heteroatoms. The summed E-state index contributed by atoms with van der Waals surface area (Å²) in [4.78, 5) is 28.0. The number of rotatable bonds is 5. The number of aliphatic hydroxyl groups is 1. The lowest BCUT2D eigenvalue weighted by atomic mass is 9.60. The topological polar surface area (TPSA) is 70.1 Å². The van der Waals surface area contributed by atoms with E-state index in [0.29, 0.717) is 19.5 Å². The van der Waals surface area contributed by atoms with Gasteiger partial charge in [0.05, 0.1) is 25.3 Å². The van der Waals surface area contributed by atoms with Gasteiger partial charge in [0.1, 0.15) is 5.75 Å². The van der Waals surface area contributed by atoms with Crippen LogP contribution in [0.4, 0.5) is 0 Å². The number of hydrogen-bond acceptors (Lipinski definition) is 4. The standard InChI is InChI=1S/C24H28N2O4/c1-4-22(29)26-20(13-27)23(24(26)14-25(15-24)16(2)28)18-11-9-17(10-12-18)19-7-5-6-8-21(19)30-3/h5-12,20,23,27H,4,13-15H2,1-3H3/t20-,23-/m1/s1. The first kappa shape index (κ1) is 20.4. The van der Waals surface area contributed by atoms with E-state index in [9.17, 15) is 14.7 Å². The second-order valence-electron chi connectivity index (χ2n) is 8.15. The molecule has 2 aromatic rings. The van der Waals surface area contributed by atoms with Crippen LogP contribution < -0.4 is 4.74 Å². The molecule has 2 saturated heterocycles. The number of carbonyl (C=O) groups excluding carboxylic acids is 2. The molecule has 158 valence electrons. The van der Waals surface area contributed by atoms with Crippen molar-refractivity contribution in [3.63, 3.8) is 0 Å². The summed E-state index contributed by atoms with van der Waals surface area (Å²) in [6.45, 7) is 4.33. The number of aliphatic hydroxyl groups excluding tert-OH is 1. The van der Waals surface area contributed by atoms with Crippen LogP contribution in [-0.4, -0.2) is 65.1 Å². The van der Waals surface area contributed by atoms with E-state index >= 15 is 0 Å². The Kier molecular flexibility index (Phi) is 5.28. The summed E-state index contributed by atoms with van der Waals surface area (Å²) in [5.74, 6) is 0.858. The summed E-state index contributed by atoms with van der Waals surface area (Å²) >= 11 is 0. The normalized spacial score (nSPS) is 21.7. The Morgan fingerprint density at radius 1 is 1.13 bits per heavy atom. The molecule has 0 radical (unpaired) electrons. The zero-order valence-electron chi connectivity index (χ0n) is 17.7. The van der Waals surface area contributed by atoms with Crippen LogP contribution >= 0.6 is 0 Å². The maximum atomic E-state index is 12.6. The smallest absolute Gasteiger partial charge is 0.223 e. The molecule has 0 saturated carbocycles. The van der Waals surface area contributed by atoms with Crippen molar-refractivity contribution in [2.75, 3.05) is 26.8 Å². The number of hydrogen-bond donors (Lipinski definition) is 1. The van der Waals surface area contributed by atoms with Gasteiger partial charge in [0.15, 0.2) is 0 Å². The summed E-state index contributed by atoms with van der Waals surface area (Å²) in [6, 6.07) is 15.9. The summed E-state index contributed by atoms with van der Waals surface area (Å²) < 4.78 is 5.48. The fourth-order valence-corrected chi connectivity index (χ4v) is 5.17. The molecular weight excluding hydrogens is 380 g/mol. The Hall–Kier alpha value is -2.86. The molecule has 0 unspecified atom stereocenters. The van der Waals surface area contributed by atoms with E-state index in [0.717, 1.165) is 22.4 Å². The molecule has 2 aromatic carbocycles. The van der Waals surface area contributed by atoms with E-state index in [2.05, 4.69) is 24.3 Å². The second-order valence-corrected chi connectivity index (χ2v) is 8.15. The Morgan fingerprint density at radius 2 is 1.80 bits per heavy atom. The monoisotopic (exact) mass is 408 g/mol. The molecule has 0 aliphatic carbocycles. The molecule has 2 amide bonds. The minimum Gasteiger partial charge on any atom is -0.496 e. The van der Waals surface area contributed by atoms with E-state index in [1.165, 1.54) is 0 Å². The molecular formula is C24H28N2O4. The SMILES string of the molecule is CCC(=O)N1[C@H](CO)[C@@H](c2ccc(-c3ccccc3OC)cc2)C12CN(C(C)=O)C2. The van der Waals surface area contributed by atoms with Gasteiger partial charge in [-0.1, -0.05) is 49.4 Å². The molecule has 6 nitrogen and oxygen atoms in total. The van der Waals surface area contributed by atoms with Crippen LogP contribution in [0, 0.1) is 0 Å². The molecule has 1 spiro atoms. The van der Waals surface area contributed by atoms with Crippen LogP contribution in [-0.2, 0) is 9.59 Å². The lowest BCUT2D eigenvalue weighted by Gasteiger charge is -2.70. The molecule has 2 fully saturated rings. The van der Waals surface area contributed by atoms with Gasteiger partial charge < -0.3 is 19.6 Å². The molecule has 30 heavy (non-hydrogen) atoms. The average Bonchev–Trinajstić information content (AvgIpc) is 2.72. The van der Waals surface area contributed by atoms with Gasteiger partial charge in [-0.2, -0.15) is 0 Å². The first-order valence-electron chi connectivity index (χ1n) is 10.4. The van der Waals surface area contributed by atoms with Gasteiger partial charge in [0.2, 0.25) is 11.8 Å². The zero-order valence-corrected chi connectivity index (χ0v) is 17.7. The number of methoxy groups -OCH3 is 1. The predicted molar refractivity (Wildman–Crippen MR) is 114 cm³/mol. The van der Waals surface area contributed by atoms with E-state index in [4.69, 9.17) is 4.74 Å². The lowest BCUT2D eigenvalue weighted by Crippen LogP contribution is -2.85. The number of carbonyl (C=O) groups is 2. The summed E-state index contributed by atoms with van der Waals surface area (Å²) in [7, 11) is 1.66. The number of amides is 2. The van der Waals surface area contributed by atoms with Crippen molar-refractivity contribution in [2.24, 2.45) is 0 Å². The van der Waals surface area contributed by atoms with Crippen LogP contribution in [0.3, 0.4) is 0 Å². The maximum absolute atomic E-state index is 12.6. The van der Waals surface area contributed by atoms with Crippen LogP contribution in [0.2, 0.25) is 0 Å². The Balaban J connectivity index is 1.66. The van der Waals surface area contributed by atoms with Gasteiger partial charge in [0, 0.05) is 37.9 Å². The van der Waals surface area contributed by atoms with Gasteiger partial charge in [-0.05, 0) is 17.2 Å².